The fraction of sp³-hybridized carbons (Fsp3) is 0.462. The molecule has 0 aliphatic heterocycles. The second kappa shape index (κ2) is 6.89. The third-order valence-corrected chi connectivity index (χ3v) is 2.93. The predicted octanol–water partition coefficient (Wildman–Crippen LogP) is 0.514. The SMILES string of the molecule is COCCn1cnnc1[C@H](C)NC(=O)c1cnc(C)cn1. The third kappa shape index (κ3) is 3.82. The molecule has 0 bridgehead atoms. The summed E-state index contributed by atoms with van der Waals surface area (Å²) in [5.41, 5.74) is 1.04. The molecule has 0 saturated heterocycles. The van der Waals surface area contributed by atoms with Gasteiger partial charge in [0.15, 0.2) is 5.82 Å². The first-order chi connectivity index (χ1) is 10.1. The maximum atomic E-state index is 12.1. The maximum Gasteiger partial charge on any atom is 0.272 e. The van der Waals surface area contributed by atoms with Crippen molar-refractivity contribution in [3.05, 3.63) is 35.9 Å². The van der Waals surface area contributed by atoms with Gasteiger partial charge in [0.25, 0.3) is 5.91 Å². The number of amides is 1. The Morgan fingerprint density at radius 1 is 1.43 bits per heavy atom. The number of nitrogens with zero attached hydrogens (tertiary/aromatic N) is 5. The van der Waals surface area contributed by atoms with Gasteiger partial charge in [-0.25, -0.2) is 4.98 Å². The van der Waals surface area contributed by atoms with E-state index in [9.17, 15) is 4.79 Å². The van der Waals surface area contributed by atoms with E-state index in [1.165, 1.54) is 6.20 Å². The largest absolute Gasteiger partial charge is 0.383 e. The Hall–Kier alpha value is -2.35. The number of hydrogen-bond donors (Lipinski definition) is 1. The topological polar surface area (TPSA) is 94.8 Å². The van der Waals surface area contributed by atoms with Gasteiger partial charge in [0, 0.05) is 19.9 Å². The van der Waals surface area contributed by atoms with Crippen LogP contribution in [0.1, 0.15) is 35.0 Å². The number of carbonyl (C=O) groups excluding carboxylic acids is 1. The fourth-order valence-electron chi connectivity index (χ4n) is 1.81. The molecule has 21 heavy (non-hydrogen) atoms. The smallest absolute Gasteiger partial charge is 0.272 e. The molecule has 2 rings (SSSR count). The Balaban J connectivity index is 2.03. The van der Waals surface area contributed by atoms with Gasteiger partial charge in [0.05, 0.1) is 24.5 Å². The van der Waals surface area contributed by atoms with Crippen LogP contribution >= 0.6 is 0 Å². The van der Waals surface area contributed by atoms with Crippen LogP contribution < -0.4 is 5.32 Å². The minimum atomic E-state index is -0.295. The Kier molecular flexibility index (Phi) is 4.94. The lowest BCUT2D eigenvalue weighted by Crippen LogP contribution is -2.29. The van der Waals surface area contributed by atoms with Gasteiger partial charge < -0.3 is 14.6 Å². The van der Waals surface area contributed by atoms with Crippen LogP contribution in [0, 0.1) is 6.92 Å². The molecular formula is C13H18N6O2. The van der Waals surface area contributed by atoms with Gasteiger partial charge in [0.2, 0.25) is 0 Å². The lowest BCUT2D eigenvalue weighted by atomic mass is 10.3. The number of carbonyl (C=O) groups is 1. The van der Waals surface area contributed by atoms with Crippen molar-refractivity contribution in [2.75, 3.05) is 13.7 Å². The van der Waals surface area contributed by atoms with Gasteiger partial charge in [-0.1, -0.05) is 0 Å². The summed E-state index contributed by atoms with van der Waals surface area (Å²) in [5.74, 6) is 0.372. The minimum Gasteiger partial charge on any atom is -0.383 e. The van der Waals surface area contributed by atoms with Crippen LogP contribution in [0.3, 0.4) is 0 Å². The van der Waals surface area contributed by atoms with E-state index >= 15 is 0 Å². The molecule has 8 heteroatoms. The molecule has 1 amide bonds. The van der Waals surface area contributed by atoms with Crippen LogP contribution in [0.25, 0.3) is 0 Å². The van der Waals surface area contributed by atoms with Crippen molar-refractivity contribution in [3.8, 4) is 0 Å². The highest BCUT2D eigenvalue weighted by atomic mass is 16.5. The number of rotatable bonds is 6. The van der Waals surface area contributed by atoms with Crippen LogP contribution in [-0.4, -0.2) is 44.4 Å². The van der Waals surface area contributed by atoms with Gasteiger partial charge >= 0.3 is 0 Å². The summed E-state index contributed by atoms with van der Waals surface area (Å²) in [7, 11) is 1.63. The molecule has 0 aliphatic carbocycles. The van der Waals surface area contributed by atoms with Crippen molar-refractivity contribution in [1.82, 2.24) is 30.0 Å². The molecular weight excluding hydrogens is 272 g/mol. The molecule has 0 radical (unpaired) electrons. The second-order valence-corrected chi connectivity index (χ2v) is 4.61. The van der Waals surface area contributed by atoms with Crippen molar-refractivity contribution in [3.63, 3.8) is 0 Å². The van der Waals surface area contributed by atoms with E-state index in [1.807, 2.05) is 18.4 Å². The van der Waals surface area contributed by atoms with Crippen LogP contribution in [0.2, 0.25) is 0 Å². The van der Waals surface area contributed by atoms with E-state index in [1.54, 1.807) is 19.6 Å². The van der Waals surface area contributed by atoms with Gasteiger partial charge in [-0.2, -0.15) is 0 Å². The lowest BCUT2D eigenvalue weighted by molar-refractivity contribution is 0.0931. The normalized spacial score (nSPS) is 12.1. The molecule has 0 aromatic carbocycles. The highest BCUT2D eigenvalue weighted by Crippen LogP contribution is 2.09. The van der Waals surface area contributed by atoms with Crippen molar-refractivity contribution in [1.29, 1.82) is 0 Å². The first kappa shape index (κ1) is 15.0. The molecule has 1 N–H and O–H groups in total. The van der Waals surface area contributed by atoms with E-state index in [-0.39, 0.29) is 17.6 Å². The highest BCUT2D eigenvalue weighted by molar-refractivity contribution is 5.92. The lowest BCUT2D eigenvalue weighted by Gasteiger charge is -2.14. The zero-order chi connectivity index (χ0) is 15.2. The first-order valence-electron chi connectivity index (χ1n) is 6.58. The predicted molar refractivity (Wildman–Crippen MR) is 74.5 cm³/mol. The van der Waals surface area contributed by atoms with Gasteiger partial charge in [0.1, 0.15) is 12.0 Å². The summed E-state index contributed by atoms with van der Waals surface area (Å²) < 4.78 is 6.87. The monoisotopic (exact) mass is 290 g/mol. The fourth-order valence-corrected chi connectivity index (χ4v) is 1.81. The number of aryl methyl sites for hydroxylation is 1. The zero-order valence-electron chi connectivity index (χ0n) is 12.3. The van der Waals surface area contributed by atoms with E-state index in [4.69, 9.17) is 4.74 Å². The number of ether oxygens (including phenoxy) is 1. The van der Waals surface area contributed by atoms with Crippen molar-refractivity contribution in [2.45, 2.75) is 26.4 Å². The van der Waals surface area contributed by atoms with E-state index in [0.717, 1.165) is 5.69 Å². The van der Waals surface area contributed by atoms with E-state index < -0.39 is 0 Å². The van der Waals surface area contributed by atoms with Crippen molar-refractivity contribution < 1.29 is 9.53 Å². The third-order valence-electron chi connectivity index (χ3n) is 2.93. The summed E-state index contributed by atoms with van der Waals surface area (Å²) >= 11 is 0. The minimum absolute atomic E-state index is 0.274. The molecule has 0 saturated carbocycles. The Labute approximate surface area is 122 Å². The molecule has 2 aromatic rings. The average molecular weight is 290 g/mol. The van der Waals surface area contributed by atoms with Gasteiger partial charge in [-0.15, -0.1) is 10.2 Å². The Morgan fingerprint density at radius 3 is 2.90 bits per heavy atom. The molecule has 0 fully saturated rings. The quantitative estimate of drug-likeness (QED) is 0.833. The summed E-state index contributed by atoms with van der Waals surface area (Å²) in [6, 6.07) is -0.292. The molecule has 0 aliphatic rings. The number of aromatic nitrogens is 5. The first-order valence-corrected chi connectivity index (χ1v) is 6.58. The van der Waals surface area contributed by atoms with Crippen molar-refractivity contribution in [2.24, 2.45) is 0 Å². The van der Waals surface area contributed by atoms with Crippen LogP contribution in [0.5, 0.6) is 0 Å². The second-order valence-electron chi connectivity index (χ2n) is 4.61. The van der Waals surface area contributed by atoms with Gasteiger partial charge in [-0.05, 0) is 13.8 Å². The Morgan fingerprint density at radius 2 is 2.24 bits per heavy atom. The number of methoxy groups -OCH3 is 1. The summed E-state index contributed by atoms with van der Waals surface area (Å²) in [5, 5.41) is 10.7. The summed E-state index contributed by atoms with van der Waals surface area (Å²) in [4.78, 5) is 20.2. The van der Waals surface area contributed by atoms with Crippen molar-refractivity contribution >= 4 is 5.91 Å². The maximum absolute atomic E-state index is 12.1. The van der Waals surface area contributed by atoms with Crippen LogP contribution in [-0.2, 0) is 11.3 Å². The Bertz CT molecular complexity index is 595. The average Bonchev–Trinajstić information content (AvgIpc) is 2.94. The molecule has 112 valence electrons. The van der Waals surface area contributed by atoms with Crippen LogP contribution in [0.15, 0.2) is 18.7 Å². The summed E-state index contributed by atoms with van der Waals surface area (Å²) in [6.45, 7) is 4.83. The molecule has 0 spiro atoms. The number of hydrogen-bond acceptors (Lipinski definition) is 6. The molecule has 1 atom stereocenters. The molecule has 0 unspecified atom stereocenters. The summed E-state index contributed by atoms with van der Waals surface area (Å²) in [6.07, 6.45) is 4.62. The molecule has 2 aromatic heterocycles. The van der Waals surface area contributed by atoms with E-state index in [0.29, 0.717) is 19.0 Å². The van der Waals surface area contributed by atoms with Gasteiger partial charge in [-0.3, -0.25) is 9.78 Å². The highest BCUT2D eigenvalue weighted by Gasteiger charge is 2.17. The standard InChI is InChI=1S/C13H18N6O2/c1-9-6-15-11(7-14-9)13(20)17-10(2)12-18-16-8-19(12)4-5-21-3/h6-8,10H,4-5H2,1-3H3,(H,17,20)/t10-/m0/s1. The van der Waals surface area contributed by atoms with Crippen LogP contribution in [0.4, 0.5) is 0 Å². The molecule has 2 heterocycles. The number of nitrogens with one attached hydrogen (secondary N) is 1. The zero-order valence-corrected chi connectivity index (χ0v) is 12.3. The van der Waals surface area contributed by atoms with E-state index in [2.05, 4.69) is 25.5 Å². The molecule has 8 nitrogen and oxygen atoms in total.